The Bertz CT molecular complexity index is 792. The summed E-state index contributed by atoms with van der Waals surface area (Å²) in [5, 5.41) is 14.1. The van der Waals surface area contributed by atoms with Crippen molar-refractivity contribution in [1.82, 2.24) is 15.2 Å². The molecule has 0 amide bonds. The standard InChI is InChI=1S/C16H17N5O3/c1-22-11-5-6-13(14(8-11)23-2)19-16-20-15(10-18-21-16)17-9-12-4-3-7-24-12/h3-8,10H,9H2,1-2H3,(H2,17,19,20,21). The van der Waals surface area contributed by atoms with Crippen LogP contribution in [0.5, 0.6) is 11.5 Å². The number of furan rings is 1. The van der Waals surface area contributed by atoms with Crippen LogP contribution in [0.3, 0.4) is 0 Å². The Labute approximate surface area is 138 Å². The van der Waals surface area contributed by atoms with Gasteiger partial charge in [0.1, 0.15) is 17.3 Å². The molecule has 3 aromatic rings. The van der Waals surface area contributed by atoms with Crippen molar-refractivity contribution >= 4 is 17.5 Å². The Kier molecular flexibility index (Phi) is 4.76. The average Bonchev–Trinajstić information content (AvgIpc) is 3.14. The van der Waals surface area contributed by atoms with Gasteiger partial charge in [-0.05, 0) is 24.3 Å². The third-order valence-corrected chi connectivity index (χ3v) is 3.24. The van der Waals surface area contributed by atoms with Crippen LogP contribution in [0.2, 0.25) is 0 Å². The zero-order chi connectivity index (χ0) is 16.8. The van der Waals surface area contributed by atoms with Crippen LogP contribution in [0.25, 0.3) is 0 Å². The monoisotopic (exact) mass is 327 g/mol. The molecule has 24 heavy (non-hydrogen) atoms. The number of nitrogens with one attached hydrogen (secondary N) is 2. The van der Waals surface area contributed by atoms with Crippen LogP contribution in [0, 0.1) is 0 Å². The summed E-state index contributed by atoms with van der Waals surface area (Å²) in [5.41, 5.74) is 0.711. The van der Waals surface area contributed by atoms with E-state index in [1.54, 1.807) is 32.7 Å². The van der Waals surface area contributed by atoms with Gasteiger partial charge in [0.15, 0.2) is 5.82 Å². The van der Waals surface area contributed by atoms with Gasteiger partial charge >= 0.3 is 0 Å². The lowest BCUT2D eigenvalue weighted by Gasteiger charge is -2.11. The van der Waals surface area contributed by atoms with Crippen molar-refractivity contribution in [3.63, 3.8) is 0 Å². The van der Waals surface area contributed by atoms with E-state index >= 15 is 0 Å². The summed E-state index contributed by atoms with van der Waals surface area (Å²) in [4.78, 5) is 4.36. The number of hydrogen-bond donors (Lipinski definition) is 2. The first-order valence-electron chi connectivity index (χ1n) is 7.23. The molecule has 3 rings (SSSR count). The molecular weight excluding hydrogens is 310 g/mol. The van der Waals surface area contributed by atoms with Gasteiger partial charge in [-0.3, -0.25) is 0 Å². The fraction of sp³-hybridized carbons (Fsp3) is 0.188. The Morgan fingerprint density at radius 3 is 2.83 bits per heavy atom. The lowest BCUT2D eigenvalue weighted by atomic mass is 10.2. The van der Waals surface area contributed by atoms with Crippen molar-refractivity contribution in [2.45, 2.75) is 6.54 Å². The molecule has 0 aliphatic carbocycles. The SMILES string of the molecule is COc1ccc(Nc2nncc(NCc3ccco3)n2)c(OC)c1. The Morgan fingerprint density at radius 2 is 2.08 bits per heavy atom. The lowest BCUT2D eigenvalue weighted by Crippen LogP contribution is -2.05. The van der Waals surface area contributed by atoms with Gasteiger partial charge in [-0.2, -0.15) is 10.1 Å². The van der Waals surface area contributed by atoms with Gasteiger partial charge < -0.3 is 24.5 Å². The summed E-state index contributed by atoms with van der Waals surface area (Å²) < 4.78 is 15.8. The molecular formula is C16H17N5O3. The Morgan fingerprint density at radius 1 is 1.17 bits per heavy atom. The lowest BCUT2D eigenvalue weighted by molar-refractivity contribution is 0.395. The quantitative estimate of drug-likeness (QED) is 0.684. The number of methoxy groups -OCH3 is 2. The first kappa shape index (κ1) is 15.6. The molecule has 0 aliphatic heterocycles. The largest absolute Gasteiger partial charge is 0.497 e. The summed E-state index contributed by atoms with van der Waals surface area (Å²) in [6.45, 7) is 0.511. The molecule has 2 heterocycles. The van der Waals surface area contributed by atoms with Crippen molar-refractivity contribution in [1.29, 1.82) is 0 Å². The van der Waals surface area contributed by atoms with Gasteiger partial charge in [0, 0.05) is 6.07 Å². The molecule has 0 bridgehead atoms. The normalized spacial score (nSPS) is 10.2. The molecule has 8 heteroatoms. The van der Waals surface area contributed by atoms with E-state index in [-0.39, 0.29) is 0 Å². The van der Waals surface area contributed by atoms with Crippen molar-refractivity contribution in [3.05, 3.63) is 48.6 Å². The van der Waals surface area contributed by atoms with Gasteiger partial charge in [-0.1, -0.05) is 0 Å². The van der Waals surface area contributed by atoms with Gasteiger partial charge in [-0.15, -0.1) is 5.10 Å². The second kappa shape index (κ2) is 7.32. The van der Waals surface area contributed by atoms with Gasteiger partial charge in [0.05, 0.1) is 38.9 Å². The highest BCUT2D eigenvalue weighted by Gasteiger charge is 2.08. The number of rotatable bonds is 7. The minimum atomic E-state index is 0.350. The number of nitrogens with zero attached hydrogens (tertiary/aromatic N) is 3. The molecule has 0 spiro atoms. The summed E-state index contributed by atoms with van der Waals surface area (Å²) in [6.07, 6.45) is 3.16. The van der Waals surface area contributed by atoms with E-state index in [2.05, 4.69) is 25.8 Å². The third-order valence-electron chi connectivity index (χ3n) is 3.24. The molecule has 0 fully saturated rings. The van der Waals surface area contributed by atoms with Crippen molar-refractivity contribution < 1.29 is 13.9 Å². The van der Waals surface area contributed by atoms with Crippen LogP contribution < -0.4 is 20.1 Å². The molecule has 0 atom stereocenters. The highest BCUT2D eigenvalue weighted by Crippen LogP contribution is 2.30. The predicted molar refractivity (Wildman–Crippen MR) is 88.7 cm³/mol. The highest BCUT2D eigenvalue weighted by atomic mass is 16.5. The fourth-order valence-electron chi connectivity index (χ4n) is 2.05. The van der Waals surface area contributed by atoms with Crippen LogP contribution in [-0.2, 0) is 6.54 Å². The first-order valence-corrected chi connectivity index (χ1v) is 7.23. The zero-order valence-corrected chi connectivity index (χ0v) is 13.3. The minimum Gasteiger partial charge on any atom is -0.497 e. The van der Waals surface area contributed by atoms with Gasteiger partial charge in [-0.25, -0.2) is 0 Å². The van der Waals surface area contributed by atoms with Crippen molar-refractivity contribution in [2.24, 2.45) is 0 Å². The van der Waals surface area contributed by atoms with E-state index in [1.165, 1.54) is 0 Å². The van der Waals surface area contributed by atoms with E-state index in [9.17, 15) is 0 Å². The van der Waals surface area contributed by atoms with E-state index in [0.717, 1.165) is 5.76 Å². The number of ether oxygens (including phenoxy) is 2. The van der Waals surface area contributed by atoms with Gasteiger partial charge in [0.2, 0.25) is 5.95 Å². The smallest absolute Gasteiger partial charge is 0.249 e. The van der Waals surface area contributed by atoms with Crippen molar-refractivity contribution in [3.8, 4) is 11.5 Å². The summed E-state index contributed by atoms with van der Waals surface area (Å²) in [7, 11) is 3.18. The molecule has 1 aromatic carbocycles. The molecule has 2 aromatic heterocycles. The van der Waals surface area contributed by atoms with Crippen LogP contribution in [0.4, 0.5) is 17.5 Å². The topological polar surface area (TPSA) is 94.3 Å². The molecule has 8 nitrogen and oxygen atoms in total. The second-order valence-corrected chi connectivity index (χ2v) is 4.79. The average molecular weight is 327 g/mol. The van der Waals surface area contributed by atoms with E-state index in [0.29, 0.717) is 35.5 Å². The van der Waals surface area contributed by atoms with E-state index in [4.69, 9.17) is 13.9 Å². The Balaban J connectivity index is 1.72. The first-order chi connectivity index (χ1) is 11.8. The number of aromatic nitrogens is 3. The molecule has 0 radical (unpaired) electrons. The predicted octanol–water partition coefficient (Wildman–Crippen LogP) is 2.84. The summed E-state index contributed by atoms with van der Waals surface area (Å²) in [5.74, 6) is 3.05. The minimum absolute atomic E-state index is 0.350. The van der Waals surface area contributed by atoms with Crippen LogP contribution in [0.15, 0.2) is 47.2 Å². The van der Waals surface area contributed by atoms with Gasteiger partial charge in [0.25, 0.3) is 0 Å². The number of hydrogen-bond acceptors (Lipinski definition) is 8. The fourth-order valence-corrected chi connectivity index (χ4v) is 2.05. The summed E-state index contributed by atoms with van der Waals surface area (Å²) >= 11 is 0. The second-order valence-electron chi connectivity index (χ2n) is 4.79. The molecule has 0 unspecified atom stereocenters. The Hall–Kier alpha value is -3.29. The number of benzene rings is 1. The molecule has 2 N–H and O–H groups in total. The highest BCUT2D eigenvalue weighted by molar-refractivity contribution is 5.64. The molecule has 0 saturated heterocycles. The number of anilines is 3. The zero-order valence-electron chi connectivity index (χ0n) is 13.3. The molecule has 0 saturated carbocycles. The van der Waals surface area contributed by atoms with Crippen molar-refractivity contribution in [2.75, 3.05) is 24.9 Å². The maximum Gasteiger partial charge on any atom is 0.249 e. The van der Waals surface area contributed by atoms with Crippen LogP contribution in [-0.4, -0.2) is 29.4 Å². The van der Waals surface area contributed by atoms with Crippen LogP contribution in [0.1, 0.15) is 5.76 Å². The maximum atomic E-state index is 5.34. The molecule has 0 aliphatic rings. The summed E-state index contributed by atoms with van der Waals surface area (Å²) in [6, 6.07) is 9.12. The van der Waals surface area contributed by atoms with E-state index < -0.39 is 0 Å². The molecule has 124 valence electrons. The third kappa shape index (κ3) is 3.72. The maximum absolute atomic E-state index is 5.34. The van der Waals surface area contributed by atoms with E-state index in [1.807, 2.05) is 24.3 Å². The van der Waals surface area contributed by atoms with Crippen LogP contribution >= 0.6 is 0 Å².